The van der Waals surface area contributed by atoms with Gasteiger partial charge in [0.05, 0.1) is 12.2 Å². The second-order valence-electron chi connectivity index (χ2n) is 8.73. The smallest absolute Gasteiger partial charge is 0.396 e. The third kappa shape index (κ3) is 12.2. The highest BCUT2D eigenvalue weighted by atomic mass is 28.4. The van der Waals surface area contributed by atoms with Crippen molar-refractivity contribution in [1.82, 2.24) is 0 Å². The highest BCUT2D eigenvalue weighted by molar-refractivity contribution is 6.61. The quantitative estimate of drug-likeness (QED) is 0.167. The molecule has 0 aliphatic carbocycles. The van der Waals surface area contributed by atoms with Crippen LogP contribution in [0, 0.1) is 0 Å². The minimum atomic E-state index is -2.55. The van der Waals surface area contributed by atoms with Gasteiger partial charge in [-0.25, -0.2) is 0 Å². The Hall–Kier alpha value is 0.0169. The van der Waals surface area contributed by atoms with Crippen LogP contribution in [0.3, 0.4) is 0 Å². The van der Waals surface area contributed by atoms with Crippen LogP contribution in [0.1, 0.15) is 110 Å². The van der Waals surface area contributed by atoms with E-state index in [0.29, 0.717) is 19.6 Å². The van der Waals surface area contributed by atoms with E-state index < -0.39 is 8.80 Å². The molecule has 5 nitrogen and oxygen atoms in total. The molecule has 180 valence electrons. The zero-order chi connectivity index (χ0) is 21.9. The van der Waals surface area contributed by atoms with E-state index in [2.05, 4.69) is 13.8 Å². The second-order valence-corrected chi connectivity index (χ2v) is 11.5. The van der Waals surface area contributed by atoms with Crippen molar-refractivity contribution >= 4 is 8.80 Å². The second kappa shape index (κ2) is 18.6. The standard InChI is InChI=1S/C24H50O5Si/c1-4-6-7-8-9-10-11-12-13-14-15-18-24-23(5-2)28-30(26-3,29-24)22-17-21-27-20-16-19-25/h23-25H,4-22H2,1-3H3. The van der Waals surface area contributed by atoms with Gasteiger partial charge in [-0.05, 0) is 25.7 Å². The molecule has 1 N–H and O–H groups in total. The Morgan fingerprint density at radius 2 is 1.30 bits per heavy atom. The van der Waals surface area contributed by atoms with Crippen LogP contribution in [-0.4, -0.2) is 53.0 Å². The molecule has 30 heavy (non-hydrogen) atoms. The SMILES string of the molecule is CCCCCCCCCCCCCC1O[Si](CCCOCCCO)(OC)OC1CC. The Morgan fingerprint density at radius 3 is 1.87 bits per heavy atom. The molecule has 0 spiro atoms. The van der Waals surface area contributed by atoms with Gasteiger partial charge in [0.1, 0.15) is 0 Å². The van der Waals surface area contributed by atoms with Crippen LogP contribution in [0.4, 0.5) is 0 Å². The van der Waals surface area contributed by atoms with Gasteiger partial charge >= 0.3 is 8.80 Å². The Morgan fingerprint density at radius 1 is 0.733 bits per heavy atom. The van der Waals surface area contributed by atoms with E-state index in [-0.39, 0.29) is 18.8 Å². The van der Waals surface area contributed by atoms with Crippen LogP contribution in [0.25, 0.3) is 0 Å². The molecule has 3 atom stereocenters. The van der Waals surface area contributed by atoms with Crippen molar-refractivity contribution in [2.24, 2.45) is 0 Å². The molecule has 1 heterocycles. The van der Waals surface area contributed by atoms with Crippen molar-refractivity contribution in [3.63, 3.8) is 0 Å². The van der Waals surface area contributed by atoms with E-state index in [1.807, 2.05) is 0 Å². The number of hydrogen-bond donors (Lipinski definition) is 1. The third-order valence-electron chi connectivity index (χ3n) is 6.10. The average molecular weight is 447 g/mol. The van der Waals surface area contributed by atoms with Crippen molar-refractivity contribution in [3.8, 4) is 0 Å². The summed E-state index contributed by atoms with van der Waals surface area (Å²) in [5, 5.41) is 8.81. The molecule has 0 bridgehead atoms. The minimum absolute atomic E-state index is 0.176. The maximum atomic E-state index is 8.81. The molecule has 3 unspecified atom stereocenters. The zero-order valence-electron chi connectivity index (χ0n) is 20.2. The summed E-state index contributed by atoms with van der Waals surface area (Å²) in [6.07, 6.45) is 19.0. The lowest BCUT2D eigenvalue weighted by Gasteiger charge is -2.21. The highest BCUT2D eigenvalue weighted by Crippen LogP contribution is 2.34. The number of unbranched alkanes of at least 4 members (excludes halogenated alkanes) is 10. The summed E-state index contributed by atoms with van der Waals surface area (Å²) in [5.41, 5.74) is 0. The molecule has 0 aromatic rings. The van der Waals surface area contributed by atoms with Crippen molar-refractivity contribution in [2.45, 2.75) is 128 Å². The summed E-state index contributed by atoms with van der Waals surface area (Å²) < 4.78 is 24.1. The molecule has 1 saturated heterocycles. The fraction of sp³-hybridized carbons (Fsp3) is 1.00. The minimum Gasteiger partial charge on any atom is -0.396 e. The first-order chi connectivity index (χ1) is 14.7. The predicted molar refractivity (Wildman–Crippen MR) is 126 cm³/mol. The van der Waals surface area contributed by atoms with Gasteiger partial charge in [-0.3, -0.25) is 0 Å². The molecule has 0 amide bonds. The van der Waals surface area contributed by atoms with Gasteiger partial charge in [0, 0.05) is 33.0 Å². The average Bonchev–Trinajstić information content (AvgIpc) is 3.13. The third-order valence-corrected chi connectivity index (χ3v) is 9.01. The topological polar surface area (TPSA) is 57.2 Å². The van der Waals surface area contributed by atoms with Gasteiger partial charge in [0.15, 0.2) is 0 Å². The fourth-order valence-electron chi connectivity index (χ4n) is 4.22. The van der Waals surface area contributed by atoms with Crippen LogP contribution < -0.4 is 0 Å². The highest BCUT2D eigenvalue weighted by Gasteiger charge is 2.51. The van der Waals surface area contributed by atoms with E-state index in [1.165, 1.54) is 70.6 Å². The van der Waals surface area contributed by atoms with Crippen LogP contribution in [0.15, 0.2) is 0 Å². The van der Waals surface area contributed by atoms with Gasteiger partial charge in [0.25, 0.3) is 0 Å². The van der Waals surface area contributed by atoms with Crippen molar-refractivity contribution < 1.29 is 23.1 Å². The lowest BCUT2D eigenvalue weighted by Crippen LogP contribution is -2.40. The van der Waals surface area contributed by atoms with Gasteiger partial charge in [0.2, 0.25) is 0 Å². The number of rotatable bonds is 21. The maximum Gasteiger partial charge on any atom is 0.501 e. The van der Waals surface area contributed by atoms with Crippen molar-refractivity contribution in [3.05, 3.63) is 0 Å². The number of hydrogen-bond acceptors (Lipinski definition) is 5. The summed E-state index contributed by atoms with van der Waals surface area (Å²) in [4.78, 5) is 0. The summed E-state index contributed by atoms with van der Waals surface area (Å²) in [5.74, 6) is 0. The monoisotopic (exact) mass is 446 g/mol. The lowest BCUT2D eigenvalue weighted by molar-refractivity contribution is 0.107. The Balaban J connectivity index is 2.14. The number of aliphatic hydroxyl groups excluding tert-OH is 1. The molecule has 6 heteroatoms. The Bertz CT molecular complexity index is 385. The summed E-state index contributed by atoms with van der Waals surface area (Å²) >= 11 is 0. The molecule has 0 radical (unpaired) electrons. The van der Waals surface area contributed by atoms with Gasteiger partial charge in [-0.15, -0.1) is 0 Å². The maximum absolute atomic E-state index is 8.81. The van der Waals surface area contributed by atoms with Crippen LogP contribution >= 0.6 is 0 Å². The van der Waals surface area contributed by atoms with Crippen molar-refractivity contribution in [1.29, 1.82) is 0 Å². The van der Waals surface area contributed by atoms with E-state index in [4.69, 9.17) is 23.1 Å². The molecule has 1 aliphatic rings. The normalized spacial score (nSPS) is 24.0. The van der Waals surface area contributed by atoms with Crippen LogP contribution in [0.5, 0.6) is 0 Å². The summed E-state index contributed by atoms with van der Waals surface area (Å²) in [7, 11) is -0.819. The molecular weight excluding hydrogens is 396 g/mol. The molecule has 0 aromatic carbocycles. The fourth-order valence-corrected chi connectivity index (χ4v) is 6.99. The van der Waals surface area contributed by atoms with Crippen molar-refractivity contribution in [2.75, 3.05) is 26.9 Å². The first kappa shape index (κ1) is 28.1. The van der Waals surface area contributed by atoms with Gasteiger partial charge in [-0.2, -0.15) is 0 Å². The molecular formula is C24H50O5Si. The van der Waals surface area contributed by atoms with Gasteiger partial charge < -0.3 is 23.1 Å². The Kier molecular flexibility index (Phi) is 17.4. The summed E-state index contributed by atoms with van der Waals surface area (Å²) in [6, 6.07) is 0.813. The van der Waals surface area contributed by atoms with E-state index >= 15 is 0 Å². The Labute approximate surface area is 187 Å². The number of aliphatic hydroxyl groups is 1. The van der Waals surface area contributed by atoms with Crippen LogP contribution in [-0.2, 0) is 18.0 Å². The molecule has 1 rings (SSSR count). The molecule has 0 aromatic heterocycles. The molecule has 1 fully saturated rings. The zero-order valence-corrected chi connectivity index (χ0v) is 21.2. The predicted octanol–water partition coefficient (Wildman–Crippen LogP) is 6.26. The molecule has 1 aliphatic heterocycles. The van der Waals surface area contributed by atoms with E-state index in [9.17, 15) is 0 Å². The first-order valence-electron chi connectivity index (χ1n) is 12.8. The van der Waals surface area contributed by atoms with E-state index in [1.54, 1.807) is 7.11 Å². The van der Waals surface area contributed by atoms with E-state index in [0.717, 1.165) is 25.3 Å². The van der Waals surface area contributed by atoms with Crippen LogP contribution in [0.2, 0.25) is 6.04 Å². The lowest BCUT2D eigenvalue weighted by atomic mass is 10.0. The van der Waals surface area contributed by atoms with Gasteiger partial charge in [-0.1, -0.05) is 84.5 Å². The first-order valence-corrected chi connectivity index (χ1v) is 14.7. The molecule has 0 saturated carbocycles. The number of ether oxygens (including phenoxy) is 1. The summed E-state index contributed by atoms with van der Waals surface area (Å²) in [6.45, 7) is 5.92. The largest absolute Gasteiger partial charge is 0.501 e.